The van der Waals surface area contributed by atoms with Gasteiger partial charge >= 0.3 is 0 Å². The van der Waals surface area contributed by atoms with Gasteiger partial charge in [0.15, 0.2) is 5.82 Å². The fraction of sp³-hybridized carbons (Fsp3) is 0.750. The van der Waals surface area contributed by atoms with Gasteiger partial charge in [-0.3, -0.25) is 4.68 Å². The summed E-state index contributed by atoms with van der Waals surface area (Å²) < 4.78 is 27.8. The number of nitrogens with zero attached hydrogens (tertiary/aromatic N) is 4. The summed E-state index contributed by atoms with van der Waals surface area (Å²) in [4.78, 5) is 2.38. The molecule has 1 aromatic heterocycles. The van der Waals surface area contributed by atoms with Gasteiger partial charge in [-0.05, 0) is 32.9 Å². The molecule has 0 atom stereocenters. The minimum Gasteiger partial charge on any atom is -0.381 e. The molecule has 2 N–H and O–H groups in total. The molecule has 1 aliphatic rings. The van der Waals surface area contributed by atoms with E-state index in [0.29, 0.717) is 13.1 Å². The molecular formula is C12H23N5O2S. The molecule has 114 valence electrons. The third kappa shape index (κ3) is 3.13. The molecule has 1 saturated heterocycles. The van der Waals surface area contributed by atoms with E-state index in [1.807, 2.05) is 6.92 Å². The van der Waals surface area contributed by atoms with Crippen LogP contribution in [0.3, 0.4) is 0 Å². The van der Waals surface area contributed by atoms with Crippen molar-refractivity contribution in [1.29, 1.82) is 0 Å². The number of sulfonamides is 1. The molecule has 7 nitrogen and oxygen atoms in total. The van der Waals surface area contributed by atoms with E-state index < -0.39 is 10.0 Å². The third-order valence-electron chi connectivity index (χ3n) is 3.70. The molecule has 0 unspecified atom stereocenters. The largest absolute Gasteiger partial charge is 0.381 e. The Morgan fingerprint density at radius 1 is 1.40 bits per heavy atom. The molecule has 0 saturated carbocycles. The van der Waals surface area contributed by atoms with Crippen LogP contribution in [0.2, 0.25) is 0 Å². The van der Waals surface area contributed by atoms with E-state index >= 15 is 0 Å². The molecule has 2 rings (SSSR count). The van der Waals surface area contributed by atoms with Crippen LogP contribution in [0.15, 0.2) is 11.1 Å². The standard InChI is InChI=1S/C12H23N5O2S/c1-3-17-10-11(12(13)14-17)20(18,19)15(2)8-9-16-6-4-5-7-16/h10H,3-9H2,1-2H3,(H2,13,14). The van der Waals surface area contributed by atoms with Crippen molar-refractivity contribution in [2.75, 3.05) is 39.0 Å². The molecule has 0 aromatic carbocycles. The lowest BCUT2D eigenvalue weighted by Gasteiger charge is -2.20. The zero-order valence-electron chi connectivity index (χ0n) is 12.1. The lowest BCUT2D eigenvalue weighted by Crippen LogP contribution is -2.35. The van der Waals surface area contributed by atoms with Gasteiger partial charge in [0.25, 0.3) is 0 Å². The Kier molecular flexibility index (Phi) is 4.66. The monoisotopic (exact) mass is 301 g/mol. The number of hydrogen-bond acceptors (Lipinski definition) is 5. The number of likely N-dealkylation sites (tertiary alicyclic amines) is 1. The summed E-state index contributed by atoms with van der Waals surface area (Å²) in [5.74, 6) is 0.0693. The van der Waals surface area contributed by atoms with Crippen LogP contribution >= 0.6 is 0 Å². The van der Waals surface area contributed by atoms with Gasteiger partial charge in [0.1, 0.15) is 4.90 Å². The number of aryl methyl sites for hydroxylation is 1. The van der Waals surface area contributed by atoms with Gasteiger partial charge in [0.05, 0.1) is 0 Å². The molecule has 0 bridgehead atoms. The van der Waals surface area contributed by atoms with Crippen molar-refractivity contribution in [3.05, 3.63) is 6.20 Å². The fourth-order valence-electron chi connectivity index (χ4n) is 2.36. The van der Waals surface area contributed by atoms with E-state index in [1.54, 1.807) is 7.05 Å². The first kappa shape index (κ1) is 15.3. The second-order valence-electron chi connectivity index (χ2n) is 5.11. The van der Waals surface area contributed by atoms with Crippen molar-refractivity contribution in [3.63, 3.8) is 0 Å². The van der Waals surface area contributed by atoms with Gasteiger partial charge in [0, 0.05) is 32.9 Å². The molecular weight excluding hydrogens is 278 g/mol. The second kappa shape index (κ2) is 6.11. The highest BCUT2D eigenvalue weighted by molar-refractivity contribution is 7.89. The second-order valence-corrected chi connectivity index (χ2v) is 7.12. The smallest absolute Gasteiger partial charge is 0.248 e. The Labute approximate surface area is 120 Å². The summed E-state index contributed by atoms with van der Waals surface area (Å²) >= 11 is 0. The van der Waals surface area contributed by atoms with Crippen LogP contribution in [0.4, 0.5) is 5.82 Å². The molecule has 0 radical (unpaired) electrons. The summed E-state index contributed by atoms with van der Waals surface area (Å²) in [5, 5.41) is 3.99. The number of nitrogens with two attached hydrogens (primary N) is 1. The average Bonchev–Trinajstić information content (AvgIpc) is 3.04. The van der Waals surface area contributed by atoms with Gasteiger partial charge in [-0.1, -0.05) is 0 Å². The Morgan fingerprint density at radius 2 is 2.05 bits per heavy atom. The highest BCUT2D eigenvalue weighted by Crippen LogP contribution is 2.20. The maximum Gasteiger partial charge on any atom is 0.248 e. The molecule has 0 spiro atoms. The maximum absolute atomic E-state index is 12.5. The van der Waals surface area contributed by atoms with Gasteiger partial charge in [-0.2, -0.15) is 9.40 Å². The van der Waals surface area contributed by atoms with E-state index in [9.17, 15) is 8.42 Å². The van der Waals surface area contributed by atoms with Crippen molar-refractivity contribution >= 4 is 15.8 Å². The number of nitrogen functional groups attached to an aromatic ring is 1. The predicted octanol–water partition coefficient (Wildman–Crippen LogP) is 0.202. The molecule has 1 aromatic rings. The number of likely N-dealkylation sites (N-methyl/N-ethyl adjacent to an activating group) is 1. The SMILES string of the molecule is CCn1cc(S(=O)(=O)N(C)CCN2CCCC2)c(N)n1. The average molecular weight is 301 g/mol. The van der Waals surface area contributed by atoms with E-state index in [2.05, 4.69) is 10.00 Å². The zero-order valence-corrected chi connectivity index (χ0v) is 12.9. The Hall–Kier alpha value is -1.12. The summed E-state index contributed by atoms with van der Waals surface area (Å²) in [6.07, 6.45) is 3.90. The summed E-state index contributed by atoms with van der Waals surface area (Å²) in [7, 11) is -1.96. The topological polar surface area (TPSA) is 84.5 Å². The van der Waals surface area contributed by atoms with Gasteiger partial charge in [-0.15, -0.1) is 0 Å². The summed E-state index contributed by atoms with van der Waals surface area (Å²) in [6, 6.07) is 0. The van der Waals surface area contributed by atoms with E-state index in [-0.39, 0.29) is 10.7 Å². The van der Waals surface area contributed by atoms with Crippen LogP contribution in [0.1, 0.15) is 19.8 Å². The van der Waals surface area contributed by atoms with Crippen LogP contribution in [-0.2, 0) is 16.6 Å². The molecule has 20 heavy (non-hydrogen) atoms. The fourth-order valence-corrected chi connectivity index (χ4v) is 3.57. The van der Waals surface area contributed by atoms with Gasteiger partial charge < -0.3 is 10.6 Å². The molecule has 1 aliphatic heterocycles. The minimum atomic E-state index is -3.55. The minimum absolute atomic E-state index is 0.0693. The first-order valence-corrected chi connectivity index (χ1v) is 8.40. The van der Waals surface area contributed by atoms with Crippen LogP contribution in [0.5, 0.6) is 0 Å². The van der Waals surface area contributed by atoms with E-state index in [0.717, 1.165) is 19.6 Å². The van der Waals surface area contributed by atoms with Crippen molar-refractivity contribution in [3.8, 4) is 0 Å². The lowest BCUT2D eigenvalue weighted by atomic mass is 10.4. The van der Waals surface area contributed by atoms with Crippen molar-refractivity contribution in [2.24, 2.45) is 0 Å². The molecule has 1 fully saturated rings. The molecule has 2 heterocycles. The normalized spacial score (nSPS) is 17.1. The first-order chi connectivity index (χ1) is 9.45. The third-order valence-corrected chi connectivity index (χ3v) is 5.57. The molecule has 0 amide bonds. The van der Waals surface area contributed by atoms with Gasteiger partial charge in [-0.25, -0.2) is 8.42 Å². The van der Waals surface area contributed by atoms with Crippen molar-refractivity contribution in [1.82, 2.24) is 19.0 Å². The number of anilines is 1. The maximum atomic E-state index is 12.5. The zero-order chi connectivity index (χ0) is 14.8. The van der Waals surface area contributed by atoms with E-state index in [1.165, 1.54) is 28.0 Å². The lowest BCUT2D eigenvalue weighted by molar-refractivity contribution is 0.310. The van der Waals surface area contributed by atoms with Gasteiger partial charge in [0.2, 0.25) is 10.0 Å². The first-order valence-electron chi connectivity index (χ1n) is 6.96. The Morgan fingerprint density at radius 3 is 2.60 bits per heavy atom. The highest BCUT2D eigenvalue weighted by atomic mass is 32.2. The quantitative estimate of drug-likeness (QED) is 0.811. The molecule has 0 aliphatic carbocycles. The summed E-state index contributed by atoms with van der Waals surface area (Å²) in [6.45, 7) is 5.83. The Balaban J connectivity index is 2.05. The van der Waals surface area contributed by atoms with Crippen LogP contribution in [0, 0.1) is 0 Å². The van der Waals surface area contributed by atoms with Crippen LogP contribution in [0.25, 0.3) is 0 Å². The van der Waals surface area contributed by atoms with E-state index in [4.69, 9.17) is 5.73 Å². The highest BCUT2D eigenvalue weighted by Gasteiger charge is 2.26. The number of hydrogen-bond donors (Lipinski definition) is 1. The molecule has 8 heteroatoms. The van der Waals surface area contributed by atoms with Crippen LogP contribution < -0.4 is 5.73 Å². The Bertz CT molecular complexity index is 548. The summed E-state index contributed by atoms with van der Waals surface area (Å²) in [5.41, 5.74) is 5.71. The van der Waals surface area contributed by atoms with Crippen LogP contribution in [-0.4, -0.2) is 60.6 Å². The van der Waals surface area contributed by atoms with Crippen molar-refractivity contribution < 1.29 is 8.42 Å². The predicted molar refractivity (Wildman–Crippen MR) is 77.8 cm³/mol. The van der Waals surface area contributed by atoms with Crippen molar-refractivity contribution in [2.45, 2.75) is 31.2 Å². The number of rotatable bonds is 6. The number of aromatic nitrogens is 2.